The van der Waals surface area contributed by atoms with Crippen molar-refractivity contribution in [2.24, 2.45) is 0 Å². The average Bonchev–Trinajstić information content (AvgIpc) is 2.86. The molecule has 0 N–H and O–H groups in total. The number of carbonyl (C=O) groups excluding carboxylic acids is 2. The number of pyridine rings is 1. The molecule has 34 heavy (non-hydrogen) atoms. The van der Waals surface area contributed by atoms with Crippen LogP contribution in [0.5, 0.6) is 11.6 Å². The summed E-state index contributed by atoms with van der Waals surface area (Å²) in [6.45, 7) is 1.64. The van der Waals surface area contributed by atoms with Crippen LogP contribution in [0.25, 0.3) is 11.3 Å². The van der Waals surface area contributed by atoms with Gasteiger partial charge in [-0.1, -0.05) is 12.1 Å². The molecule has 1 saturated heterocycles. The molecule has 2 aromatic carbocycles. The summed E-state index contributed by atoms with van der Waals surface area (Å²) < 4.78 is 10.5. The van der Waals surface area contributed by atoms with Crippen molar-refractivity contribution in [1.29, 1.82) is 0 Å². The molecule has 8 heteroatoms. The van der Waals surface area contributed by atoms with Gasteiger partial charge in [0.05, 0.1) is 25.6 Å². The minimum Gasteiger partial charge on any atom is -0.497 e. The molecule has 0 spiro atoms. The van der Waals surface area contributed by atoms with E-state index in [4.69, 9.17) is 9.47 Å². The first kappa shape index (κ1) is 23.1. The number of rotatable bonds is 6. The number of hydrogen-bond donors (Lipinski definition) is 0. The Morgan fingerprint density at radius 1 is 0.912 bits per heavy atom. The fourth-order valence-electron chi connectivity index (χ4n) is 4.05. The maximum absolute atomic E-state index is 13.5. The Hall–Kier alpha value is -4.07. The quantitative estimate of drug-likeness (QED) is 0.560. The number of nitrogens with zero attached hydrogens (tertiary/aromatic N) is 4. The second-order valence-corrected chi connectivity index (χ2v) is 8.22. The SMILES string of the molecule is COc1ccc(N2C(=O)CN(c3ccc(OC)nc3-c3ccc(N(C)C)cc3)C(=O)C2C)cc1. The van der Waals surface area contributed by atoms with Gasteiger partial charge in [-0.2, -0.15) is 0 Å². The molecule has 1 atom stereocenters. The topological polar surface area (TPSA) is 75.2 Å². The van der Waals surface area contributed by atoms with Crippen LogP contribution in [0.4, 0.5) is 17.1 Å². The summed E-state index contributed by atoms with van der Waals surface area (Å²) in [5.74, 6) is 0.748. The second kappa shape index (κ2) is 9.43. The highest BCUT2D eigenvalue weighted by molar-refractivity contribution is 6.15. The van der Waals surface area contributed by atoms with Gasteiger partial charge in [-0.3, -0.25) is 19.4 Å². The zero-order chi connectivity index (χ0) is 24.4. The van der Waals surface area contributed by atoms with E-state index < -0.39 is 6.04 Å². The predicted molar refractivity (Wildman–Crippen MR) is 133 cm³/mol. The molecule has 8 nitrogen and oxygen atoms in total. The molecule has 0 bridgehead atoms. The van der Waals surface area contributed by atoms with Crippen molar-refractivity contribution < 1.29 is 19.1 Å². The molecular formula is C26H28N4O4. The Kier molecular flexibility index (Phi) is 6.40. The molecule has 176 valence electrons. The van der Waals surface area contributed by atoms with Crippen LogP contribution in [-0.2, 0) is 9.59 Å². The number of benzene rings is 2. The van der Waals surface area contributed by atoms with Crippen LogP contribution in [0, 0.1) is 0 Å². The molecule has 0 aliphatic carbocycles. The number of amides is 2. The normalized spacial score (nSPS) is 16.0. The minimum absolute atomic E-state index is 0.0913. The van der Waals surface area contributed by atoms with Crippen molar-refractivity contribution in [2.75, 3.05) is 49.6 Å². The van der Waals surface area contributed by atoms with Gasteiger partial charge in [-0.15, -0.1) is 0 Å². The van der Waals surface area contributed by atoms with Gasteiger partial charge in [0, 0.05) is 37.1 Å². The largest absolute Gasteiger partial charge is 0.497 e. The first-order valence-corrected chi connectivity index (χ1v) is 10.9. The molecule has 3 aromatic rings. The predicted octanol–water partition coefficient (Wildman–Crippen LogP) is 3.60. The van der Waals surface area contributed by atoms with E-state index in [0.29, 0.717) is 28.7 Å². The van der Waals surface area contributed by atoms with Gasteiger partial charge in [-0.05, 0) is 49.4 Å². The zero-order valence-corrected chi connectivity index (χ0v) is 20.0. The van der Waals surface area contributed by atoms with Crippen LogP contribution >= 0.6 is 0 Å². The van der Waals surface area contributed by atoms with Crippen molar-refractivity contribution in [3.8, 4) is 22.9 Å². The molecule has 1 unspecified atom stereocenters. The van der Waals surface area contributed by atoms with Crippen molar-refractivity contribution >= 4 is 28.9 Å². The number of aromatic nitrogens is 1. The van der Waals surface area contributed by atoms with Crippen LogP contribution in [0.3, 0.4) is 0 Å². The van der Waals surface area contributed by atoms with Gasteiger partial charge in [-0.25, -0.2) is 4.98 Å². The Morgan fingerprint density at radius 2 is 1.59 bits per heavy atom. The molecule has 1 aromatic heterocycles. The first-order chi connectivity index (χ1) is 16.3. The third kappa shape index (κ3) is 4.26. The molecule has 0 radical (unpaired) electrons. The van der Waals surface area contributed by atoms with Gasteiger partial charge in [0.15, 0.2) is 0 Å². The Bertz CT molecular complexity index is 1190. The van der Waals surface area contributed by atoms with Crippen molar-refractivity contribution in [2.45, 2.75) is 13.0 Å². The summed E-state index contributed by atoms with van der Waals surface area (Å²) in [7, 11) is 7.07. The van der Waals surface area contributed by atoms with Crippen LogP contribution in [0.2, 0.25) is 0 Å². The molecular weight excluding hydrogens is 432 g/mol. The Balaban J connectivity index is 1.70. The number of anilines is 3. The monoisotopic (exact) mass is 460 g/mol. The number of piperazine rings is 1. The molecule has 4 rings (SSSR count). The van der Waals surface area contributed by atoms with Gasteiger partial charge < -0.3 is 14.4 Å². The van der Waals surface area contributed by atoms with E-state index in [1.165, 1.54) is 9.80 Å². The summed E-state index contributed by atoms with van der Waals surface area (Å²) in [6.07, 6.45) is 0. The zero-order valence-electron chi connectivity index (χ0n) is 20.0. The van der Waals surface area contributed by atoms with E-state index in [1.54, 1.807) is 57.5 Å². The summed E-state index contributed by atoms with van der Waals surface area (Å²) >= 11 is 0. The van der Waals surface area contributed by atoms with Crippen molar-refractivity contribution in [3.05, 3.63) is 60.7 Å². The number of methoxy groups -OCH3 is 2. The number of carbonyl (C=O) groups is 2. The smallest absolute Gasteiger partial charge is 0.250 e. The maximum Gasteiger partial charge on any atom is 0.250 e. The lowest BCUT2D eigenvalue weighted by Crippen LogP contribution is -2.59. The molecule has 1 aliphatic heterocycles. The van der Waals surface area contributed by atoms with Gasteiger partial charge in [0.2, 0.25) is 17.7 Å². The molecule has 1 fully saturated rings. The van der Waals surface area contributed by atoms with E-state index in [2.05, 4.69) is 4.98 Å². The van der Waals surface area contributed by atoms with Crippen LogP contribution in [-0.4, -0.2) is 57.7 Å². The van der Waals surface area contributed by atoms with E-state index in [9.17, 15) is 9.59 Å². The molecule has 2 amide bonds. The lowest BCUT2D eigenvalue weighted by atomic mass is 10.0. The fraction of sp³-hybridized carbons (Fsp3) is 0.269. The van der Waals surface area contributed by atoms with Gasteiger partial charge in [0.1, 0.15) is 18.3 Å². The Labute approximate surface area is 199 Å². The molecule has 2 heterocycles. The fourth-order valence-corrected chi connectivity index (χ4v) is 4.05. The lowest BCUT2D eigenvalue weighted by molar-refractivity contribution is -0.128. The van der Waals surface area contributed by atoms with Crippen LogP contribution in [0.15, 0.2) is 60.7 Å². The summed E-state index contributed by atoms with van der Waals surface area (Å²) in [5, 5.41) is 0. The third-order valence-electron chi connectivity index (χ3n) is 5.93. The van der Waals surface area contributed by atoms with E-state index in [-0.39, 0.29) is 18.4 Å². The molecule has 1 aliphatic rings. The molecule has 0 saturated carbocycles. The van der Waals surface area contributed by atoms with E-state index in [1.807, 2.05) is 43.3 Å². The third-order valence-corrected chi connectivity index (χ3v) is 5.93. The highest BCUT2D eigenvalue weighted by Crippen LogP contribution is 2.35. The summed E-state index contributed by atoms with van der Waals surface area (Å²) in [4.78, 5) is 36.4. The van der Waals surface area contributed by atoms with E-state index in [0.717, 1.165) is 11.3 Å². The average molecular weight is 461 g/mol. The maximum atomic E-state index is 13.5. The van der Waals surface area contributed by atoms with Crippen molar-refractivity contribution in [3.63, 3.8) is 0 Å². The first-order valence-electron chi connectivity index (χ1n) is 10.9. The van der Waals surface area contributed by atoms with Gasteiger partial charge in [0.25, 0.3) is 0 Å². The minimum atomic E-state index is -0.680. The second-order valence-electron chi connectivity index (χ2n) is 8.22. The summed E-state index contributed by atoms with van der Waals surface area (Å²) in [5.41, 5.74) is 3.67. The van der Waals surface area contributed by atoms with Crippen LogP contribution in [0.1, 0.15) is 6.92 Å². The highest BCUT2D eigenvalue weighted by atomic mass is 16.5. The number of ether oxygens (including phenoxy) is 2. The summed E-state index contributed by atoms with van der Waals surface area (Å²) in [6, 6.07) is 17.8. The highest BCUT2D eigenvalue weighted by Gasteiger charge is 2.39. The number of hydrogen-bond acceptors (Lipinski definition) is 6. The standard InChI is InChI=1S/C26H28N4O4/c1-17-26(32)29(16-24(31)30(17)20-10-12-21(33-4)13-11-20)22-14-15-23(34-5)27-25(22)18-6-8-19(9-7-18)28(2)3/h6-15,17H,16H2,1-5H3. The van der Waals surface area contributed by atoms with Gasteiger partial charge >= 0.3 is 0 Å². The lowest BCUT2D eigenvalue weighted by Gasteiger charge is -2.39. The van der Waals surface area contributed by atoms with E-state index >= 15 is 0 Å². The van der Waals surface area contributed by atoms with Crippen molar-refractivity contribution in [1.82, 2.24) is 4.98 Å². The Morgan fingerprint density at radius 3 is 2.18 bits per heavy atom. The van der Waals surface area contributed by atoms with Crippen LogP contribution < -0.4 is 24.2 Å².